The molecule has 0 unspecified atom stereocenters. The molecule has 0 aromatic heterocycles. The molecule has 37 heavy (non-hydrogen) atoms. The number of amides is 2. The van der Waals surface area contributed by atoms with Gasteiger partial charge in [-0.05, 0) is 49.6 Å². The zero-order chi connectivity index (χ0) is 27.4. The Morgan fingerprint density at radius 3 is 2.35 bits per heavy atom. The van der Waals surface area contributed by atoms with Crippen LogP contribution in [-0.2, 0) is 32.3 Å². The van der Waals surface area contributed by atoms with Gasteiger partial charge < -0.3 is 10.2 Å². The van der Waals surface area contributed by atoms with Gasteiger partial charge in [-0.15, -0.1) is 0 Å². The summed E-state index contributed by atoms with van der Waals surface area (Å²) in [6.07, 6.45) is -0.270. The molecule has 1 aliphatic rings. The van der Waals surface area contributed by atoms with Crippen LogP contribution in [0.1, 0.15) is 43.7 Å². The van der Waals surface area contributed by atoms with Crippen LogP contribution in [0, 0.1) is 0 Å². The van der Waals surface area contributed by atoms with Gasteiger partial charge in [0.25, 0.3) is 0 Å². The summed E-state index contributed by atoms with van der Waals surface area (Å²) in [5.41, 5.74) is -0.835. The van der Waals surface area contributed by atoms with Crippen LogP contribution in [-0.4, -0.2) is 50.0 Å². The fraction of sp³-hybridized carbons (Fsp3) is 0.440. The average molecular weight is 560 g/mol. The number of nitrogens with zero attached hydrogens (tertiary/aromatic N) is 2. The molecule has 0 aliphatic heterocycles. The van der Waals surface area contributed by atoms with Crippen molar-refractivity contribution in [3.05, 3.63) is 64.7 Å². The first-order valence-corrected chi connectivity index (χ1v) is 14.0. The fourth-order valence-electron chi connectivity index (χ4n) is 4.24. The predicted octanol–water partition coefficient (Wildman–Crippen LogP) is 4.60. The van der Waals surface area contributed by atoms with Crippen LogP contribution in [0.5, 0.6) is 0 Å². The Morgan fingerprint density at radius 1 is 1.11 bits per heavy atom. The lowest BCUT2D eigenvalue weighted by Crippen LogP contribution is -2.52. The summed E-state index contributed by atoms with van der Waals surface area (Å²) in [5.74, 6) is -1.17. The molecule has 1 fully saturated rings. The Balaban J connectivity index is 1.92. The van der Waals surface area contributed by atoms with Gasteiger partial charge in [-0.25, -0.2) is 8.42 Å². The van der Waals surface area contributed by atoms with Crippen LogP contribution in [0.25, 0.3) is 0 Å². The fourth-order valence-corrected chi connectivity index (χ4v) is 5.27. The van der Waals surface area contributed by atoms with Gasteiger partial charge in [0.05, 0.1) is 17.5 Å². The maximum atomic E-state index is 13.5. The first-order chi connectivity index (χ1) is 17.3. The Hall–Kier alpha value is -2.79. The van der Waals surface area contributed by atoms with Gasteiger partial charge in [-0.2, -0.15) is 13.2 Å². The topological polar surface area (TPSA) is 86.8 Å². The molecule has 3 rings (SSSR count). The summed E-state index contributed by atoms with van der Waals surface area (Å²) < 4.78 is 65.5. The molecule has 2 aromatic carbocycles. The molecular weight excluding hydrogens is 531 g/mol. The maximum Gasteiger partial charge on any atom is 0.416 e. The van der Waals surface area contributed by atoms with E-state index in [0.29, 0.717) is 21.0 Å². The van der Waals surface area contributed by atoms with Gasteiger partial charge in [-0.1, -0.05) is 48.7 Å². The second-order valence-electron chi connectivity index (χ2n) is 9.10. The molecular formula is C25H29ClF3N3O4S. The van der Waals surface area contributed by atoms with Crippen LogP contribution in [0.4, 0.5) is 18.9 Å². The molecule has 7 nitrogen and oxygen atoms in total. The number of anilines is 1. The van der Waals surface area contributed by atoms with Crippen molar-refractivity contribution in [1.29, 1.82) is 0 Å². The number of sulfonamides is 1. The largest absolute Gasteiger partial charge is 0.416 e. The van der Waals surface area contributed by atoms with Gasteiger partial charge in [0, 0.05) is 17.6 Å². The highest BCUT2D eigenvalue weighted by Gasteiger charge is 2.34. The highest BCUT2D eigenvalue weighted by molar-refractivity contribution is 7.92. The third kappa shape index (κ3) is 7.61. The molecule has 2 aromatic rings. The lowest BCUT2D eigenvalue weighted by Gasteiger charge is -2.32. The van der Waals surface area contributed by atoms with Crippen molar-refractivity contribution in [2.24, 2.45) is 0 Å². The second-order valence-corrected chi connectivity index (χ2v) is 11.4. The molecule has 1 N–H and O–H groups in total. The van der Waals surface area contributed by atoms with Crippen LogP contribution >= 0.6 is 11.6 Å². The van der Waals surface area contributed by atoms with Crippen molar-refractivity contribution < 1.29 is 31.2 Å². The minimum absolute atomic E-state index is 0.00941. The number of nitrogens with one attached hydrogen (secondary N) is 1. The monoisotopic (exact) mass is 559 g/mol. The van der Waals surface area contributed by atoms with E-state index in [9.17, 15) is 31.2 Å². The highest BCUT2D eigenvalue weighted by Crippen LogP contribution is 2.32. The number of carbonyl (C=O) groups is 2. The lowest BCUT2D eigenvalue weighted by molar-refractivity contribution is -0.139. The molecule has 202 valence electrons. The minimum Gasteiger partial charge on any atom is -0.352 e. The average Bonchev–Trinajstić information content (AvgIpc) is 3.33. The van der Waals surface area contributed by atoms with Gasteiger partial charge in [-0.3, -0.25) is 13.9 Å². The van der Waals surface area contributed by atoms with Gasteiger partial charge in [0.1, 0.15) is 12.6 Å². The summed E-state index contributed by atoms with van der Waals surface area (Å²) in [5, 5.41) is 3.28. The summed E-state index contributed by atoms with van der Waals surface area (Å²) in [6.45, 7) is 0.623. The lowest BCUT2D eigenvalue weighted by atomic mass is 10.1. The summed E-state index contributed by atoms with van der Waals surface area (Å²) in [4.78, 5) is 27.8. The second kappa shape index (κ2) is 11.7. The van der Waals surface area contributed by atoms with Crippen molar-refractivity contribution in [1.82, 2.24) is 10.2 Å². The zero-order valence-corrected chi connectivity index (χ0v) is 22.0. The van der Waals surface area contributed by atoms with Crippen molar-refractivity contribution in [3.8, 4) is 0 Å². The summed E-state index contributed by atoms with van der Waals surface area (Å²) >= 11 is 6.28. The molecule has 12 heteroatoms. The molecule has 0 saturated heterocycles. The van der Waals surface area contributed by atoms with Gasteiger partial charge in [0.2, 0.25) is 21.8 Å². The maximum absolute atomic E-state index is 13.5. The predicted molar refractivity (Wildman–Crippen MR) is 135 cm³/mol. The van der Waals surface area contributed by atoms with E-state index in [1.165, 1.54) is 17.9 Å². The van der Waals surface area contributed by atoms with E-state index in [-0.39, 0.29) is 18.3 Å². The first-order valence-electron chi connectivity index (χ1n) is 11.8. The first kappa shape index (κ1) is 28.8. The minimum atomic E-state index is -4.70. The van der Waals surface area contributed by atoms with Crippen molar-refractivity contribution in [2.75, 3.05) is 17.1 Å². The number of halogens is 4. The summed E-state index contributed by atoms with van der Waals surface area (Å²) in [7, 11) is -4.16. The number of alkyl halides is 3. The van der Waals surface area contributed by atoms with Crippen LogP contribution < -0.4 is 9.62 Å². The SMILES string of the molecule is C[C@H](C(=O)NC1CCCC1)N(Cc1ccccc1Cl)C(=O)CN(c1cccc(C(F)(F)F)c1)S(C)(=O)=O. The van der Waals surface area contributed by atoms with E-state index in [1.807, 2.05) is 0 Å². The van der Waals surface area contributed by atoms with Gasteiger partial charge in [0.15, 0.2) is 0 Å². The molecule has 0 bridgehead atoms. The van der Waals surface area contributed by atoms with E-state index >= 15 is 0 Å². The quantitative estimate of drug-likeness (QED) is 0.486. The molecule has 2 amide bonds. The van der Waals surface area contributed by atoms with Crippen LogP contribution in [0.15, 0.2) is 48.5 Å². The standard InChI is InChI=1S/C25H29ClF3N3O4S/c1-17(24(34)30-20-10-4-5-11-20)31(15-18-8-3-6-13-22(18)26)23(33)16-32(37(2,35)36)21-12-7-9-19(14-21)25(27,28)29/h3,6-9,12-14,17,20H,4-5,10-11,15-16H2,1-2H3,(H,30,34)/t17-/m1/s1. The summed E-state index contributed by atoms with van der Waals surface area (Å²) in [6, 6.07) is 9.43. The van der Waals surface area contributed by atoms with Crippen molar-refractivity contribution in [3.63, 3.8) is 0 Å². The smallest absolute Gasteiger partial charge is 0.352 e. The van der Waals surface area contributed by atoms with E-state index in [0.717, 1.165) is 44.1 Å². The normalized spacial score (nSPS) is 15.3. The Morgan fingerprint density at radius 2 is 1.76 bits per heavy atom. The number of benzene rings is 2. The number of rotatable bonds is 9. The number of hydrogen-bond donors (Lipinski definition) is 1. The van der Waals surface area contributed by atoms with Crippen molar-refractivity contribution in [2.45, 2.75) is 57.4 Å². The molecule has 1 aliphatic carbocycles. The molecule has 1 saturated carbocycles. The highest BCUT2D eigenvalue weighted by atomic mass is 35.5. The Bertz CT molecular complexity index is 1230. The van der Waals surface area contributed by atoms with E-state index < -0.39 is 46.2 Å². The van der Waals surface area contributed by atoms with Crippen molar-refractivity contribution >= 4 is 39.1 Å². The zero-order valence-electron chi connectivity index (χ0n) is 20.5. The third-order valence-electron chi connectivity index (χ3n) is 6.31. The number of carbonyl (C=O) groups excluding carboxylic acids is 2. The van der Waals surface area contributed by atoms with E-state index in [2.05, 4.69) is 5.32 Å². The molecule has 0 radical (unpaired) electrons. The van der Waals surface area contributed by atoms with E-state index in [1.54, 1.807) is 24.3 Å². The van der Waals surface area contributed by atoms with Gasteiger partial charge >= 0.3 is 6.18 Å². The molecule has 0 heterocycles. The molecule has 1 atom stereocenters. The van der Waals surface area contributed by atoms with E-state index in [4.69, 9.17) is 11.6 Å². The van der Waals surface area contributed by atoms with Crippen LogP contribution in [0.3, 0.4) is 0 Å². The third-order valence-corrected chi connectivity index (χ3v) is 7.82. The van der Waals surface area contributed by atoms with Crippen LogP contribution in [0.2, 0.25) is 5.02 Å². The molecule has 0 spiro atoms. The Kier molecular flexibility index (Phi) is 9.12. The number of hydrogen-bond acceptors (Lipinski definition) is 4. The Labute approximate surface area is 219 Å².